The minimum Gasteiger partial charge on any atom is -0.378 e. The number of aryl methyl sites for hydroxylation is 1. The van der Waals surface area contributed by atoms with Crippen LogP contribution in [0.3, 0.4) is 0 Å². The molecule has 1 N–H and O–H groups in total. The molecule has 10 nitrogen and oxygen atoms in total. The molecule has 0 atom stereocenters. The zero-order valence-corrected chi connectivity index (χ0v) is 20.7. The van der Waals surface area contributed by atoms with Gasteiger partial charge < -0.3 is 14.2 Å². The summed E-state index contributed by atoms with van der Waals surface area (Å²) < 4.78 is 12.7. The van der Waals surface area contributed by atoms with Crippen molar-refractivity contribution >= 4 is 17.1 Å². The number of ether oxygens (including phenoxy) is 1. The summed E-state index contributed by atoms with van der Waals surface area (Å²) >= 11 is 0. The number of nitrogens with one attached hydrogen (secondary N) is 1. The Bertz CT molecular complexity index is 1430. The normalized spacial score (nSPS) is 20.8. The molecule has 0 radical (unpaired) electrons. The number of aromatic nitrogens is 6. The first-order chi connectivity index (χ1) is 17.5. The van der Waals surface area contributed by atoms with Gasteiger partial charge in [-0.15, -0.1) is 0 Å². The van der Waals surface area contributed by atoms with Gasteiger partial charge in [0, 0.05) is 25.2 Å². The molecule has 4 heterocycles. The van der Waals surface area contributed by atoms with Gasteiger partial charge in [-0.1, -0.05) is 48.7 Å². The summed E-state index contributed by atoms with van der Waals surface area (Å²) in [5.41, 5.74) is 4.39. The average molecular weight is 490 g/mol. The van der Waals surface area contributed by atoms with Gasteiger partial charge in [-0.3, -0.25) is 9.51 Å². The highest BCUT2D eigenvalue weighted by atomic mass is 16.5. The van der Waals surface area contributed by atoms with Crippen LogP contribution in [0.25, 0.3) is 34.1 Å². The lowest BCUT2D eigenvalue weighted by Gasteiger charge is -2.31. The molecule has 4 aromatic rings. The summed E-state index contributed by atoms with van der Waals surface area (Å²) in [6.07, 6.45) is 4.94. The van der Waals surface area contributed by atoms with Gasteiger partial charge in [-0.05, 0) is 37.7 Å². The summed E-state index contributed by atoms with van der Waals surface area (Å²) in [5, 5.41) is 3.84. The second-order valence-electron chi connectivity index (χ2n) is 10.1. The Morgan fingerprint density at radius 1 is 1.08 bits per heavy atom. The smallest absolute Gasteiger partial charge is 0.378 e. The van der Waals surface area contributed by atoms with Crippen LogP contribution in [0.5, 0.6) is 0 Å². The quantitative estimate of drug-likeness (QED) is 0.450. The largest absolute Gasteiger partial charge is 0.439 e. The first kappa shape index (κ1) is 22.9. The van der Waals surface area contributed by atoms with Gasteiger partial charge in [0.2, 0.25) is 17.6 Å². The molecule has 1 aliphatic carbocycles. The van der Waals surface area contributed by atoms with Crippen molar-refractivity contribution in [1.82, 2.24) is 29.7 Å². The van der Waals surface area contributed by atoms with Crippen LogP contribution in [-0.4, -0.2) is 56.0 Å². The maximum atomic E-state index is 11.7. The molecule has 1 saturated carbocycles. The molecule has 188 valence electrons. The molecule has 10 heteroatoms. The van der Waals surface area contributed by atoms with Crippen LogP contribution in [0.2, 0.25) is 0 Å². The van der Waals surface area contributed by atoms with E-state index in [0.717, 1.165) is 53.8 Å². The van der Waals surface area contributed by atoms with E-state index in [9.17, 15) is 4.79 Å². The van der Waals surface area contributed by atoms with Crippen molar-refractivity contribution in [2.75, 3.05) is 31.2 Å². The number of benzene rings is 1. The lowest BCUT2D eigenvalue weighted by Crippen LogP contribution is -2.38. The number of hydrogen-bond acceptors (Lipinski definition) is 8. The van der Waals surface area contributed by atoms with Gasteiger partial charge in [0.1, 0.15) is 11.2 Å². The molecule has 0 unspecified atom stereocenters. The standard InChI is InChI=1S/C26H31N7O3/c1-16-6-8-18(9-7-16)15-33-21-20(19-5-3-4-17(2)14-19)27-23(24-30-26(34)36-31-24)28-22(21)29-25(33)32-10-12-35-13-11-32/h3-5,14,16,18H,6-13,15H2,1-2H3,(H,30,31,34). The van der Waals surface area contributed by atoms with E-state index >= 15 is 0 Å². The summed E-state index contributed by atoms with van der Waals surface area (Å²) in [6.45, 7) is 8.19. The lowest BCUT2D eigenvalue weighted by molar-refractivity contribution is 0.121. The van der Waals surface area contributed by atoms with Crippen LogP contribution in [0.4, 0.5) is 5.95 Å². The summed E-state index contributed by atoms with van der Waals surface area (Å²) in [7, 11) is 0. The van der Waals surface area contributed by atoms with Crippen LogP contribution in [-0.2, 0) is 11.3 Å². The van der Waals surface area contributed by atoms with Crippen molar-refractivity contribution in [3.8, 4) is 22.9 Å². The number of morpholine rings is 1. The third-order valence-electron chi connectivity index (χ3n) is 7.40. The highest BCUT2D eigenvalue weighted by Gasteiger charge is 2.28. The Kier molecular flexibility index (Phi) is 6.04. The average Bonchev–Trinajstić information content (AvgIpc) is 3.49. The number of anilines is 1. The fourth-order valence-corrected chi connectivity index (χ4v) is 5.40. The highest BCUT2D eigenvalue weighted by Crippen LogP contribution is 2.36. The Morgan fingerprint density at radius 2 is 1.89 bits per heavy atom. The maximum Gasteiger partial charge on any atom is 0.439 e. The molecule has 1 aromatic carbocycles. The SMILES string of the molecule is Cc1cccc(-c2nc(-c3noc(=O)[nH]3)nc3nc(N4CCOCC4)n(CC4CCC(C)CC4)c23)c1. The molecule has 36 heavy (non-hydrogen) atoms. The third-order valence-corrected chi connectivity index (χ3v) is 7.40. The van der Waals surface area contributed by atoms with Gasteiger partial charge in [0.25, 0.3) is 0 Å². The van der Waals surface area contributed by atoms with Crippen LogP contribution < -0.4 is 10.7 Å². The molecule has 2 aliphatic rings. The van der Waals surface area contributed by atoms with E-state index in [-0.39, 0.29) is 11.6 Å². The van der Waals surface area contributed by atoms with Crippen molar-refractivity contribution < 1.29 is 9.26 Å². The van der Waals surface area contributed by atoms with E-state index in [1.54, 1.807) is 0 Å². The number of hydrogen-bond donors (Lipinski definition) is 1. The maximum absolute atomic E-state index is 11.7. The molecular weight excluding hydrogens is 458 g/mol. The van der Waals surface area contributed by atoms with Crippen LogP contribution in [0.15, 0.2) is 33.6 Å². The van der Waals surface area contributed by atoms with Gasteiger partial charge in [0.15, 0.2) is 5.65 Å². The van der Waals surface area contributed by atoms with E-state index in [4.69, 9.17) is 24.2 Å². The minimum atomic E-state index is -0.642. The number of rotatable bonds is 5. The topological polar surface area (TPSA) is 115 Å². The van der Waals surface area contributed by atoms with Gasteiger partial charge in [-0.2, -0.15) is 4.98 Å². The van der Waals surface area contributed by atoms with Gasteiger partial charge in [-0.25, -0.2) is 14.8 Å². The number of aromatic amines is 1. The van der Waals surface area contributed by atoms with Crippen molar-refractivity contribution in [1.29, 1.82) is 0 Å². The van der Waals surface area contributed by atoms with Crippen molar-refractivity contribution in [3.63, 3.8) is 0 Å². The second-order valence-corrected chi connectivity index (χ2v) is 10.1. The van der Waals surface area contributed by atoms with Crippen molar-refractivity contribution in [2.24, 2.45) is 11.8 Å². The minimum absolute atomic E-state index is 0.194. The zero-order valence-electron chi connectivity index (χ0n) is 20.7. The van der Waals surface area contributed by atoms with Crippen LogP contribution in [0, 0.1) is 18.8 Å². The van der Waals surface area contributed by atoms with E-state index < -0.39 is 5.76 Å². The third kappa shape index (κ3) is 4.41. The molecule has 1 aliphatic heterocycles. The fourth-order valence-electron chi connectivity index (χ4n) is 5.40. The molecule has 0 amide bonds. The number of imidazole rings is 1. The monoisotopic (exact) mass is 489 g/mol. The van der Waals surface area contributed by atoms with E-state index in [1.807, 2.05) is 6.07 Å². The highest BCUT2D eigenvalue weighted by molar-refractivity contribution is 5.91. The number of fused-ring (bicyclic) bond motifs is 1. The zero-order chi connectivity index (χ0) is 24.6. The predicted molar refractivity (Wildman–Crippen MR) is 136 cm³/mol. The Hall–Kier alpha value is -3.53. The lowest BCUT2D eigenvalue weighted by atomic mass is 9.83. The molecule has 0 spiro atoms. The predicted octanol–water partition coefficient (Wildman–Crippen LogP) is 3.81. The number of nitrogens with zero attached hydrogens (tertiary/aromatic N) is 6. The van der Waals surface area contributed by atoms with Crippen LogP contribution in [0.1, 0.15) is 38.2 Å². The Labute approximate surface area is 208 Å². The summed E-state index contributed by atoms with van der Waals surface area (Å²) in [6, 6.07) is 8.27. The first-order valence-corrected chi connectivity index (χ1v) is 12.8. The molecule has 2 fully saturated rings. The Balaban J connectivity index is 1.56. The van der Waals surface area contributed by atoms with Crippen molar-refractivity contribution in [2.45, 2.75) is 46.1 Å². The van der Waals surface area contributed by atoms with Gasteiger partial charge in [0.05, 0.1) is 13.2 Å². The van der Waals surface area contributed by atoms with E-state index in [2.05, 4.69) is 51.7 Å². The molecule has 3 aromatic heterocycles. The second kappa shape index (κ2) is 9.50. The Morgan fingerprint density at radius 3 is 2.61 bits per heavy atom. The van der Waals surface area contributed by atoms with Crippen molar-refractivity contribution in [3.05, 3.63) is 40.4 Å². The fraction of sp³-hybridized carbons (Fsp3) is 0.500. The molecular formula is C26H31N7O3. The summed E-state index contributed by atoms with van der Waals surface area (Å²) in [4.78, 5) is 31.2. The van der Waals surface area contributed by atoms with E-state index in [0.29, 0.717) is 24.8 Å². The number of H-pyrrole nitrogens is 1. The van der Waals surface area contributed by atoms with Crippen LogP contribution >= 0.6 is 0 Å². The molecule has 0 bridgehead atoms. The first-order valence-electron chi connectivity index (χ1n) is 12.8. The van der Waals surface area contributed by atoms with Gasteiger partial charge >= 0.3 is 5.76 Å². The molecule has 1 saturated heterocycles. The van der Waals surface area contributed by atoms with E-state index in [1.165, 1.54) is 25.7 Å². The molecule has 6 rings (SSSR count). The summed E-state index contributed by atoms with van der Waals surface area (Å²) in [5.74, 6) is 2.11.